The first-order valence-corrected chi connectivity index (χ1v) is 10.1. The van der Waals surface area contributed by atoms with Gasteiger partial charge in [0.05, 0.1) is 5.56 Å². The van der Waals surface area contributed by atoms with Gasteiger partial charge in [0.25, 0.3) is 5.91 Å². The van der Waals surface area contributed by atoms with Crippen molar-refractivity contribution in [2.75, 3.05) is 16.9 Å². The van der Waals surface area contributed by atoms with Gasteiger partial charge in [-0.05, 0) is 55.3 Å². The summed E-state index contributed by atoms with van der Waals surface area (Å²) in [4.78, 5) is 18.1. The summed E-state index contributed by atoms with van der Waals surface area (Å²) in [6.45, 7) is 0.529. The standard InChI is InChI=1S/C19H23N5OS/c1-26-13-5-2-4-12(9-13)22-18-17-11(10-21-19(17)25)8-16(24-18)23-15-7-3-6-14(15)20/h2,4-5,8-9,14-15H,3,6-7,10,20H2,1H3,(H,21,25)(H2,22,23,24). The molecule has 0 spiro atoms. The Morgan fingerprint density at radius 1 is 1.31 bits per heavy atom. The molecule has 1 aromatic heterocycles. The minimum Gasteiger partial charge on any atom is -0.366 e. The summed E-state index contributed by atoms with van der Waals surface area (Å²) in [5.74, 6) is 1.27. The van der Waals surface area contributed by atoms with Gasteiger partial charge >= 0.3 is 0 Å². The van der Waals surface area contributed by atoms with Gasteiger partial charge < -0.3 is 21.7 Å². The highest BCUT2D eigenvalue weighted by Crippen LogP contribution is 2.30. The second-order valence-electron chi connectivity index (χ2n) is 6.78. The first kappa shape index (κ1) is 17.2. The molecule has 1 aromatic carbocycles. The van der Waals surface area contributed by atoms with Gasteiger partial charge in [0, 0.05) is 29.2 Å². The lowest BCUT2D eigenvalue weighted by molar-refractivity contribution is 0.0966. The molecule has 1 saturated carbocycles. The Kier molecular flexibility index (Phi) is 4.74. The van der Waals surface area contributed by atoms with Crippen LogP contribution in [0.15, 0.2) is 35.2 Å². The van der Waals surface area contributed by atoms with Crippen molar-refractivity contribution in [2.24, 2.45) is 5.73 Å². The van der Waals surface area contributed by atoms with Crippen molar-refractivity contribution in [2.45, 2.75) is 42.8 Å². The van der Waals surface area contributed by atoms with Gasteiger partial charge in [0.15, 0.2) is 0 Å². The SMILES string of the molecule is CSc1cccc(Nc2nc(NC3CCCC3N)cc3c2C(=O)NC3)c1. The maximum absolute atomic E-state index is 12.3. The average molecular weight is 369 g/mol. The first-order valence-electron chi connectivity index (χ1n) is 8.89. The lowest BCUT2D eigenvalue weighted by atomic mass is 10.1. The summed E-state index contributed by atoms with van der Waals surface area (Å²) >= 11 is 1.68. The van der Waals surface area contributed by atoms with Gasteiger partial charge in [0.2, 0.25) is 0 Å². The number of carbonyl (C=O) groups is 1. The molecule has 5 N–H and O–H groups in total. The number of benzene rings is 1. The fourth-order valence-electron chi connectivity index (χ4n) is 3.61. The number of rotatable bonds is 5. The number of hydrogen-bond donors (Lipinski definition) is 4. The van der Waals surface area contributed by atoms with E-state index in [1.165, 1.54) is 0 Å². The predicted octanol–water partition coefficient (Wildman–Crippen LogP) is 3.08. The minimum absolute atomic E-state index is 0.0832. The summed E-state index contributed by atoms with van der Waals surface area (Å²) in [6.07, 6.45) is 5.26. The highest BCUT2D eigenvalue weighted by molar-refractivity contribution is 7.98. The molecule has 1 fully saturated rings. The highest BCUT2D eigenvalue weighted by atomic mass is 32.2. The molecule has 6 nitrogen and oxygen atoms in total. The third kappa shape index (κ3) is 3.37. The Labute approximate surface area is 157 Å². The second-order valence-corrected chi connectivity index (χ2v) is 7.66. The third-order valence-corrected chi connectivity index (χ3v) is 5.73. The number of nitrogens with zero attached hydrogens (tertiary/aromatic N) is 1. The van der Waals surface area contributed by atoms with E-state index in [-0.39, 0.29) is 18.0 Å². The Bertz CT molecular complexity index is 841. The normalized spacial score (nSPS) is 21.4. The largest absolute Gasteiger partial charge is 0.366 e. The summed E-state index contributed by atoms with van der Waals surface area (Å²) in [7, 11) is 0. The molecular formula is C19H23N5OS. The van der Waals surface area contributed by atoms with Crippen LogP contribution in [0.5, 0.6) is 0 Å². The molecule has 1 aliphatic carbocycles. The molecule has 1 amide bonds. The molecule has 7 heteroatoms. The van der Waals surface area contributed by atoms with Gasteiger partial charge in [-0.25, -0.2) is 4.98 Å². The summed E-state index contributed by atoms with van der Waals surface area (Å²) in [6, 6.07) is 10.4. The van der Waals surface area contributed by atoms with Crippen LogP contribution in [-0.2, 0) is 6.54 Å². The van der Waals surface area contributed by atoms with E-state index in [1.807, 2.05) is 24.5 Å². The number of thioether (sulfide) groups is 1. The van der Waals surface area contributed by atoms with Crippen LogP contribution in [0.1, 0.15) is 35.2 Å². The van der Waals surface area contributed by atoms with Crippen LogP contribution in [0, 0.1) is 0 Å². The molecule has 2 atom stereocenters. The average Bonchev–Trinajstić information content (AvgIpc) is 3.21. The molecule has 2 unspecified atom stereocenters. The van der Waals surface area contributed by atoms with E-state index in [4.69, 9.17) is 10.7 Å². The van der Waals surface area contributed by atoms with Crippen molar-refractivity contribution in [1.82, 2.24) is 10.3 Å². The number of anilines is 3. The van der Waals surface area contributed by atoms with E-state index in [0.717, 1.165) is 41.2 Å². The van der Waals surface area contributed by atoms with E-state index < -0.39 is 0 Å². The van der Waals surface area contributed by atoms with Crippen molar-refractivity contribution < 1.29 is 4.79 Å². The van der Waals surface area contributed by atoms with Crippen LogP contribution in [0.2, 0.25) is 0 Å². The number of fused-ring (bicyclic) bond motifs is 1. The number of hydrogen-bond acceptors (Lipinski definition) is 6. The van der Waals surface area contributed by atoms with Gasteiger partial charge in [-0.1, -0.05) is 6.07 Å². The number of nitrogens with one attached hydrogen (secondary N) is 3. The van der Waals surface area contributed by atoms with Gasteiger partial charge in [-0.15, -0.1) is 11.8 Å². The lowest BCUT2D eigenvalue weighted by Gasteiger charge is -2.19. The van der Waals surface area contributed by atoms with Gasteiger partial charge in [-0.2, -0.15) is 0 Å². The monoisotopic (exact) mass is 369 g/mol. The fraction of sp³-hybridized carbons (Fsp3) is 0.368. The van der Waals surface area contributed by atoms with Gasteiger partial charge in [0.1, 0.15) is 11.6 Å². The van der Waals surface area contributed by atoms with Crippen molar-refractivity contribution in [3.8, 4) is 0 Å². The number of carbonyl (C=O) groups excluding carboxylic acids is 1. The quantitative estimate of drug-likeness (QED) is 0.606. The van der Waals surface area contributed by atoms with Crippen molar-refractivity contribution in [1.29, 1.82) is 0 Å². The predicted molar refractivity (Wildman–Crippen MR) is 106 cm³/mol. The number of nitrogens with two attached hydrogens (primary N) is 1. The molecule has 2 aliphatic rings. The first-order chi connectivity index (χ1) is 12.6. The lowest BCUT2D eigenvalue weighted by Crippen LogP contribution is -2.35. The number of aromatic nitrogens is 1. The number of amides is 1. The van der Waals surface area contributed by atoms with E-state index in [0.29, 0.717) is 17.9 Å². The van der Waals surface area contributed by atoms with Crippen LogP contribution in [0.3, 0.4) is 0 Å². The van der Waals surface area contributed by atoms with E-state index in [2.05, 4.69) is 28.1 Å². The molecular weight excluding hydrogens is 346 g/mol. The fourth-order valence-corrected chi connectivity index (χ4v) is 4.07. The zero-order chi connectivity index (χ0) is 18.1. The molecule has 26 heavy (non-hydrogen) atoms. The van der Waals surface area contributed by atoms with E-state index in [9.17, 15) is 4.79 Å². The van der Waals surface area contributed by atoms with E-state index >= 15 is 0 Å². The zero-order valence-corrected chi connectivity index (χ0v) is 15.5. The Morgan fingerprint density at radius 3 is 2.96 bits per heavy atom. The maximum Gasteiger partial charge on any atom is 0.255 e. The van der Waals surface area contributed by atoms with Crippen LogP contribution in [0.4, 0.5) is 17.3 Å². The van der Waals surface area contributed by atoms with Crippen LogP contribution in [-0.4, -0.2) is 29.2 Å². The van der Waals surface area contributed by atoms with Crippen LogP contribution in [0.25, 0.3) is 0 Å². The molecule has 0 bridgehead atoms. The van der Waals surface area contributed by atoms with E-state index in [1.54, 1.807) is 11.8 Å². The molecule has 0 radical (unpaired) electrons. The summed E-state index contributed by atoms with van der Waals surface area (Å²) < 4.78 is 0. The third-order valence-electron chi connectivity index (χ3n) is 5.00. The minimum atomic E-state index is -0.0832. The van der Waals surface area contributed by atoms with Crippen LogP contribution < -0.4 is 21.7 Å². The molecule has 0 saturated heterocycles. The molecule has 4 rings (SSSR count). The van der Waals surface area contributed by atoms with Gasteiger partial charge in [-0.3, -0.25) is 4.79 Å². The second kappa shape index (κ2) is 7.17. The number of pyridine rings is 1. The summed E-state index contributed by atoms with van der Waals surface area (Å²) in [5.41, 5.74) is 8.68. The molecule has 1 aliphatic heterocycles. The van der Waals surface area contributed by atoms with Crippen molar-refractivity contribution >= 4 is 35.0 Å². The smallest absolute Gasteiger partial charge is 0.255 e. The Hall–Kier alpha value is -2.25. The molecule has 136 valence electrons. The Morgan fingerprint density at radius 2 is 2.19 bits per heavy atom. The van der Waals surface area contributed by atoms with Crippen molar-refractivity contribution in [3.05, 3.63) is 41.5 Å². The molecule has 2 aromatic rings. The van der Waals surface area contributed by atoms with Crippen molar-refractivity contribution in [3.63, 3.8) is 0 Å². The topological polar surface area (TPSA) is 92.1 Å². The highest BCUT2D eigenvalue weighted by Gasteiger charge is 2.28. The molecule has 2 heterocycles. The zero-order valence-electron chi connectivity index (χ0n) is 14.7. The summed E-state index contributed by atoms with van der Waals surface area (Å²) in [5, 5.41) is 9.68. The maximum atomic E-state index is 12.3. The Balaban J connectivity index is 1.66. The van der Waals surface area contributed by atoms with Crippen LogP contribution >= 0.6 is 11.8 Å².